The van der Waals surface area contributed by atoms with Gasteiger partial charge in [0.1, 0.15) is 0 Å². The van der Waals surface area contributed by atoms with E-state index in [0.717, 1.165) is 25.8 Å². The summed E-state index contributed by atoms with van der Waals surface area (Å²) in [6.45, 7) is 5.60. The summed E-state index contributed by atoms with van der Waals surface area (Å²) in [5.74, 6) is 0. The predicted molar refractivity (Wildman–Crippen MR) is 72.3 cm³/mol. The van der Waals surface area contributed by atoms with Gasteiger partial charge in [0, 0.05) is 6.54 Å². The van der Waals surface area contributed by atoms with Crippen LogP contribution in [-0.2, 0) is 4.74 Å². The van der Waals surface area contributed by atoms with Crippen molar-refractivity contribution in [1.82, 2.24) is 5.32 Å². The summed E-state index contributed by atoms with van der Waals surface area (Å²) < 4.78 is 4.99. The van der Waals surface area contributed by atoms with Crippen LogP contribution in [0.5, 0.6) is 0 Å². The number of unbranched alkanes of at least 4 members (excludes halogenated alkanes) is 7. The fourth-order valence-electron chi connectivity index (χ4n) is 1.63. The Labute approximate surface area is 106 Å². The highest BCUT2D eigenvalue weighted by Gasteiger charge is 1.99. The molecule has 0 spiro atoms. The molecule has 0 atom stereocenters. The van der Waals surface area contributed by atoms with Crippen molar-refractivity contribution in [2.24, 2.45) is 0 Å². The maximum absolute atomic E-state index is 11.2. The van der Waals surface area contributed by atoms with Crippen LogP contribution in [0.15, 0.2) is 0 Å². The number of rotatable bonds is 11. The predicted octanol–water partition coefficient (Wildman–Crippen LogP) is 4.26. The van der Waals surface area contributed by atoms with E-state index in [1.165, 1.54) is 38.5 Å². The first-order valence-electron chi connectivity index (χ1n) is 7.21. The zero-order valence-electron chi connectivity index (χ0n) is 11.6. The molecule has 0 radical (unpaired) electrons. The van der Waals surface area contributed by atoms with Gasteiger partial charge in [-0.15, -0.1) is 0 Å². The van der Waals surface area contributed by atoms with Crippen LogP contribution in [0.1, 0.15) is 71.6 Å². The number of carbonyl (C=O) groups is 1. The van der Waals surface area contributed by atoms with Gasteiger partial charge in [-0.2, -0.15) is 0 Å². The van der Waals surface area contributed by atoms with E-state index in [9.17, 15) is 4.79 Å². The molecular weight excluding hydrogens is 214 g/mol. The van der Waals surface area contributed by atoms with Gasteiger partial charge < -0.3 is 10.1 Å². The van der Waals surface area contributed by atoms with Crippen LogP contribution in [0.4, 0.5) is 4.79 Å². The van der Waals surface area contributed by atoms with Gasteiger partial charge in [-0.1, -0.05) is 58.8 Å². The van der Waals surface area contributed by atoms with Gasteiger partial charge in [-0.25, -0.2) is 4.79 Å². The molecule has 3 heteroatoms. The average Bonchev–Trinajstić information content (AvgIpc) is 2.33. The first-order valence-corrected chi connectivity index (χ1v) is 7.21. The number of hydrogen-bond donors (Lipinski definition) is 1. The molecule has 1 amide bonds. The molecule has 1 N–H and O–H groups in total. The second-order valence-electron chi connectivity index (χ2n) is 4.54. The Hall–Kier alpha value is -0.730. The summed E-state index contributed by atoms with van der Waals surface area (Å²) >= 11 is 0. The van der Waals surface area contributed by atoms with Crippen molar-refractivity contribution in [3.8, 4) is 0 Å². The lowest BCUT2D eigenvalue weighted by Crippen LogP contribution is -2.25. The van der Waals surface area contributed by atoms with Gasteiger partial charge in [0.2, 0.25) is 0 Å². The smallest absolute Gasteiger partial charge is 0.407 e. The van der Waals surface area contributed by atoms with Crippen molar-refractivity contribution in [1.29, 1.82) is 0 Å². The van der Waals surface area contributed by atoms with E-state index in [0.29, 0.717) is 6.61 Å². The zero-order chi connectivity index (χ0) is 12.8. The van der Waals surface area contributed by atoms with Gasteiger partial charge in [-0.05, 0) is 12.8 Å². The van der Waals surface area contributed by atoms with Gasteiger partial charge in [0.25, 0.3) is 0 Å². The number of amides is 1. The van der Waals surface area contributed by atoms with E-state index in [-0.39, 0.29) is 6.09 Å². The van der Waals surface area contributed by atoms with Crippen molar-refractivity contribution in [2.75, 3.05) is 13.2 Å². The van der Waals surface area contributed by atoms with Crippen LogP contribution in [-0.4, -0.2) is 19.2 Å². The third-order valence-corrected chi connectivity index (χ3v) is 2.78. The van der Waals surface area contributed by atoms with E-state index in [4.69, 9.17) is 4.74 Å². The SMILES string of the molecule is CCCCCCCCCNC(=O)OCCCC. The number of carbonyl (C=O) groups excluding carboxylic acids is 1. The molecule has 0 aromatic rings. The molecule has 0 aliphatic carbocycles. The number of nitrogens with one attached hydrogen (secondary N) is 1. The Bertz CT molecular complexity index is 172. The molecule has 0 rings (SSSR count). The minimum Gasteiger partial charge on any atom is -0.450 e. The van der Waals surface area contributed by atoms with Crippen molar-refractivity contribution < 1.29 is 9.53 Å². The minimum absolute atomic E-state index is 0.260. The Morgan fingerprint density at radius 3 is 2.12 bits per heavy atom. The summed E-state index contributed by atoms with van der Waals surface area (Å²) in [5.41, 5.74) is 0. The Morgan fingerprint density at radius 2 is 1.47 bits per heavy atom. The second-order valence-corrected chi connectivity index (χ2v) is 4.54. The molecule has 0 aromatic heterocycles. The van der Waals surface area contributed by atoms with E-state index in [1.54, 1.807) is 0 Å². The molecule has 0 bridgehead atoms. The first kappa shape index (κ1) is 16.3. The molecule has 3 nitrogen and oxygen atoms in total. The molecule has 0 heterocycles. The lowest BCUT2D eigenvalue weighted by atomic mass is 10.1. The summed E-state index contributed by atoms with van der Waals surface area (Å²) in [5, 5.41) is 2.78. The molecule has 0 aliphatic heterocycles. The molecule has 0 unspecified atom stereocenters. The number of ether oxygens (including phenoxy) is 1. The maximum atomic E-state index is 11.2. The molecule has 102 valence electrons. The number of alkyl carbamates (subject to hydrolysis) is 1. The van der Waals surface area contributed by atoms with Crippen LogP contribution in [0.25, 0.3) is 0 Å². The Balaban J connectivity index is 3.08. The Morgan fingerprint density at radius 1 is 0.882 bits per heavy atom. The summed E-state index contributed by atoms with van der Waals surface area (Å²) in [4.78, 5) is 11.2. The summed E-state index contributed by atoms with van der Waals surface area (Å²) in [6, 6.07) is 0. The first-order chi connectivity index (χ1) is 8.31. The fourth-order valence-corrected chi connectivity index (χ4v) is 1.63. The highest BCUT2D eigenvalue weighted by Crippen LogP contribution is 2.06. The van der Waals surface area contributed by atoms with E-state index in [2.05, 4.69) is 19.2 Å². The molecule has 0 saturated carbocycles. The van der Waals surface area contributed by atoms with Gasteiger partial charge >= 0.3 is 6.09 Å². The standard InChI is InChI=1S/C14H29NO2/c1-3-5-7-8-9-10-11-12-15-14(16)17-13-6-4-2/h3-13H2,1-2H3,(H,15,16). The summed E-state index contributed by atoms with van der Waals surface area (Å²) in [7, 11) is 0. The lowest BCUT2D eigenvalue weighted by Gasteiger charge is -2.06. The Kier molecular flexibility index (Phi) is 12.8. The highest BCUT2D eigenvalue weighted by atomic mass is 16.5. The van der Waals surface area contributed by atoms with Crippen LogP contribution in [0.3, 0.4) is 0 Å². The second kappa shape index (κ2) is 13.3. The topological polar surface area (TPSA) is 38.3 Å². The molecule has 0 aliphatic rings. The van der Waals surface area contributed by atoms with Crippen molar-refractivity contribution in [3.05, 3.63) is 0 Å². The zero-order valence-corrected chi connectivity index (χ0v) is 11.6. The lowest BCUT2D eigenvalue weighted by molar-refractivity contribution is 0.144. The summed E-state index contributed by atoms with van der Waals surface area (Å²) in [6.07, 6.45) is 10.6. The van der Waals surface area contributed by atoms with Crippen LogP contribution < -0.4 is 5.32 Å². The monoisotopic (exact) mass is 243 g/mol. The van der Waals surface area contributed by atoms with Crippen molar-refractivity contribution in [2.45, 2.75) is 71.6 Å². The van der Waals surface area contributed by atoms with Crippen molar-refractivity contribution >= 4 is 6.09 Å². The quantitative estimate of drug-likeness (QED) is 0.550. The van der Waals surface area contributed by atoms with E-state index in [1.807, 2.05) is 0 Å². The minimum atomic E-state index is -0.260. The van der Waals surface area contributed by atoms with E-state index < -0.39 is 0 Å². The van der Waals surface area contributed by atoms with E-state index >= 15 is 0 Å². The van der Waals surface area contributed by atoms with Gasteiger partial charge in [0.05, 0.1) is 6.61 Å². The average molecular weight is 243 g/mol. The highest BCUT2D eigenvalue weighted by molar-refractivity contribution is 5.66. The van der Waals surface area contributed by atoms with Gasteiger partial charge in [-0.3, -0.25) is 0 Å². The molecule has 0 aromatic carbocycles. The molecule has 17 heavy (non-hydrogen) atoms. The van der Waals surface area contributed by atoms with Crippen LogP contribution in [0, 0.1) is 0 Å². The largest absolute Gasteiger partial charge is 0.450 e. The van der Waals surface area contributed by atoms with Crippen molar-refractivity contribution in [3.63, 3.8) is 0 Å². The number of hydrogen-bond acceptors (Lipinski definition) is 2. The molecule has 0 saturated heterocycles. The molecular formula is C14H29NO2. The molecule has 0 fully saturated rings. The normalized spacial score (nSPS) is 10.2. The maximum Gasteiger partial charge on any atom is 0.407 e. The third-order valence-electron chi connectivity index (χ3n) is 2.78. The van der Waals surface area contributed by atoms with Gasteiger partial charge in [0.15, 0.2) is 0 Å². The van der Waals surface area contributed by atoms with Crippen LogP contribution >= 0.6 is 0 Å². The third kappa shape index (κ3) is 13.2. The fraction of sp³-hybridized carbons (Fsp3) is 0.929. The van der Waals surface area contributed by atoms with Crippen LogP contribution in [0.2, 0.25) is 0 Å².